The normalized spacial score (nSPS) is 27.9. The van der Waals surface area contributed by atoms with Gasteiger partial charge >= 0.3 is 0 Å². The summed E-state index contributed by atoms with van der Waals surface area (Å²) in [6.07, 6.45) is 2.26. The van der Waals surface area contributed by atoms with Crippen molar-refractivity contribution in [1.82, 2.24) is 4.90 Å². The molecular weight excluding hydrogens is 276 g/mol. The number of amides is 1. The summed E-state index contributed by atoms with van der Waals surface area (Å²) in [4.78, 5) is 14.5. The van der Waals surface area contributed by atoms with Gasteiger partial charge in [-0.3, -0.25) is 4.79 Å². The molecule has 0 spiro atoms. The van der Waals surface area contributed by atoms with Crippen LogP contribution in [0, 0.1) is 11.8 Å². The molecule has 2 N–H and O–H groups in total. The number of nitrogens with zero attached hydrogens (tertiary/aromatic N) is 1. The van der Waals surface area contributed by atoms with Gasteiger partial charge in [-0.25, -0.2) is 0 Å². The average Bonchev–Trinajstić information content (AvgIpc) is 3.00. The summed E-state index contributed by atoms with van der Waals surface area (Å²) in [6, 6.07) is 7.67. The average molecular weight is 297 g/mol. The van der Waals surface area contributed by atoms with E-state index in [2.05, 4.69) is 0 Å². The zero-order valence-corrected chi connectivity index (χ0v) is 12.4. The lowest BCUT2D eigenvalue weighted by molar-refractivity contribution is 0.0776. The van der Waals surface area contributed by atoms with E-state index in [9.17, 15) is 4.79 Å². The maximum atomic E-state index is 12.6. The number of carbonyl (C=O) groups excluding carboxylic acids is 1. The summed E-state index contributed by atoms with van der Waals surface area (Å²) in [6.45, 7) is 1.64. The Bertz CT molecular complexity index is 495. The molecule has 3 unspecified atom stereocenters. The van der Waals surface area contributed by atoms with E-state index in [1.165, 1.54) is 0 Å². The minimum Gasteiger partial charge on any atom is -0.496 e. The van der Waals surface area contributed by atoms with Crippen LogP contribution >= 0.6 is 12.4 Å². The van der Waals surface area contributed by atoms with Crippen molar-refractivity contribution < 1.29 is 9.53 Å². The van der Waals surface area contributed by atoms with Crippen LogP contribution in [0.1, 0.15) is 23.2 Å². The van der Waals surface area contributed by atoms with E-state index in [1.807, 2.05) is 29.2 Å². The Morgan fingerprint density at radius 2 is 2.05 bits per heavy atom. The predicted molar refractivity (Wildman–Crippen MR) is 80.3 cm³/mol. The van der Waals surface area contributed by atoms with Gasteiger partial charge in [-0.15, -0.1) is 12.4 Å². The number of ether oxygens (including phenoxy) is 1. The number of carbonyl (C=O) groups is 1. The van der Waals surface area contributed by atoms with Crippen LogP contribution in [0.25, 0.3) is 0 Å². The van der Waals surface area contributed by atoms with Crippen molar-refractivity contribution in [2.75, 3.05) is 20.2 Å². The highest BCUT2D eigenvalue weighted by Crippen LogP contribution is 2.38. The minimum absolute atomic E-state index is 0. The van der Waals surface area contributed by atoms with Crippen LogP contribution in [0.2, 0.25) is 0 Å². The Hall–Kier alpha value is -1.26. The molecular formula is C15H21ClN2O2. The summed E-state index contributed by atoms with van der Waals surface area (Å²) in [5, 5.41) is 0. The predicted octanol–water partition coefficient (Wildman–Crippen LogP) is 1.93. The molecule has 0 aromatic heterocycles. The lowest BCUT2D eigenvalue weighted by Gasteiger charge is -2.20. The third kappa shape index (κ3) is 2.50. The van der Waals surface area contributed by atoms with Gasteiger partial charge in [-0.2, -0.15) is 0 Å². The summed E-state index contributed by atoms with van der Waals surface area (Å²) < 4.78 is 5.27. The monoisotopic (exact) mass is 296 g/mol. The van der Waals surface area contributed by atoms with Gasteiger partial charge in [0, 0.05) is 19.1 Å². The van der Waals surface area contributed by atoms with Gasteiger partial charge in [0.1, 0.15) is 5.75 Å². The van der Waals surface area contributed by atoms with Gasteiger partial charge in [0.05, 0.1) is 12.7 Å². The SMILES string of the molecule is COc1ccccc1C(=O)N1CC2CCC(N)C2C1.Cl. The van der Waals surface area contributed by atoms with Crippen molar-refractivity contribution in [3.63, 3.8) is 0 Å². The zero-order chi connectivity index (χ0) is 13.4. The Morgan fingerprint density at radius 1 is 1.30 bits per heavy atom. The molecule has 2 fully saturated rings. The number of hydrogen-bond donors (Lipinski definition) is 1. The minimum atomic E-state index is 0. The Kier molecular flexibility index (Phi) is 4.55. The summed E-state index contributed by atoms with van der Waals surface area (Å²) in [5.41, 5.74) is 6.77. The van der Waals surface area contributed by atoms with Crippen molar-refractivity contribution >= 4 is 18.3 Å². The first kappa shape index (κ1) is 15.1. The van der Waals surface area contributed by atoms with E-state index in [1.54, 1.807) is 7.11 Å². The number of para-hydroxylation sites is 1. The highest BCUT2D eigenvalue weighted by atomic mass is 35.5. The lowest BCUT2D eigenvalue weighted by Crippen LogP contribution is -2.33. The molecule has 1 saturated heterocycles. The van der Waals surface area contributed by atoms with Gasteiger partial charge in [-0.05, 0) is 36.8 Å². The third-order valence-electron chi connectivity index (χ3n) is 4.54. The number of methoxy groups -OCH3 is 1. The molecule has 0 radical (unpaired) electrons. The van der Waals surface area contributed by atoms with E-state index in [0.717, 1.165) is 25.9 Å². The summed E-state index contributed by atoms with van der Waals surface area (Å²) in [5.74, 6) is 1.79. The van der Waals surface area contributed by atoms with Gasteiger partial charge in [0.15, 0.2) is 0 Å². The fourth-order valence-electron chi connectivity index (χ4n) is 3.46. The van der Waals surface area contributed by atoms with Crippen LogP contribution in [0.15, 0.2) is 24.3 Å². The number of likely N-dealkylation sites (tertiary alicyclic amines) is 1. The fourth-order valence-corrected chi connectivity index (χ4v) is 3.46. The van der Waals surface area contributed by atoms with Crippen molar-refractivity contribution in [3.05, 3.63) is 29.8 Å². The fraction of sp³-hybridized carbons (Fsp3) is 0.533. The van der Waals surface area contributed by atoms with Crippen molar-refractivity contribution in [1.29, 1.82) is 0 Å². The molecule has 1 aromatic rings. The molecule has 1 amide bonds. The number of rotatable bonds is 2. The van der Waals surface area contributed by atoms with Crippen molar-refractivity contribution in [2.45, 2.75) is 18.9 Å². The third-order valence-corrected chi connectivity index (χ3v) is 4.54. The van der Waals surface area contributed by atoms with Crippen LogP contribution in [0.5, 0.6) is 5.75 Å². The molecule has 0 bridgehead atoms. The van der Waals surface area contributed by atoms with Crippen LogP contribution in [-0.2, 0) is 0 Å². The topological polar surface area (TPSA) is 55.6 Å². The lowest BCUT2D eigenvalue weighted by atomic mass is 9.98. The summed E-state index contributed by atoms with van der Waals surface area (Å²) >= 11 is 0. The number of fused-ring (bicyclic) bond motifs is 1. The van der Waals surface area contributed by atoms with E-state index in [4.69, 9.17) is 10.5 Å². The Balaban J connectivity index is 0.00000147. The smallest absolute Gasteiger partial charge is 0.257 e. The number of benzene rings is 1. The van der Waals surface area contributed by atoms with Crippen LogP contribution in [0.4, 0.5) is 0 Å². The highest BCUT2D eigenvalue weighted by Gasteiger charge is 2.42. The standard InChI is InChI=1S/C15H20N2O2.ClH/c1-19-14-5-3-2-4-11(14)15(18)17-8-10-6-7-13(16)12(10)9-17;/h2-5,10,12-13H,6-9,16H2,1H3;1H. The van der Waals surface area contributed by atoms with Crippen molar-refractivity contribution in [2.24, 2.45) is 17.6 Å². The van der Waals surface area contributed by atoms with Gasteiger partial charge < -0.3 is 15.4 Å². The molecule has 3 atom stereocenters. The Morgan fingerprint density at radius 3 is 2.75 bits per heavy atom. The van der Waals surface area contributed by atoms with E-state index < -0.39 is 0 Å². The van der Waals surface area contributed by atoms with Gasteiger partial charge in [-0.1, -0.05) is 12.1 Å². The van der Waals surface area contributed by atoms with E-state index in [0.29, 0.717) is 23.1 Å². The second-order valence-corrected chi connectivity index (χ2v) is 5.58. The van der Waals surface area contributed by atoms with E-state index in [-0.39, 0.29) is 24.4 Å². The first-order valence-corrected chi connectivity index (χ1v) is 6.88. The molecule has 1 aliphatic carbocycles. The quantitative estimate of drug-likeness (QED) is 0.907. The molecule has 2 aliphatic rings. The molecule has 20 heavy (non-hydrogen) atoms. The molecule has 1 aromatic carbocycles. The van der Waals surface area contributed by atoms with E-state index >= 15 is 0 Å². The molecule has 1 heterocycles. The maximum Gasteiger partial charge on any atom is 0.257 e. The number of halogens is 1. The first-order valence-electron chi connectivity index (χ1n) is 6.88. The molecule has 3 rings (SSSR count). The zero-order valence-electron chi connectivity index (χ0n) is 11.6. The second-order valence-electron chi connectivity index (χ2n) is 5.58. The molecule has 110 valence electrons. The van der Waals surface area contributed by atoms with Crippen LogP contribution in [0.3, 0.4) is 0 Å². The summed E-state index contributed by atoms with van der Waals surface area (Å²) in [7, 11) is 1.60. The highest BCUT2D eigenvalue weighted by molar-refractivity contribution is 5.97. The second kappa shape index (κ2) is 6.02. The largest absolute Gasteiger partial charge is 0.496 e. The maximum absolute atomic E-state index is 12.6. The van der Waals surface area contributed by atoms with Crippen LogP contribution < -0.4 is 10.5 Å². The molecule has 1 saturated carbocycles. The van der Waals surface area contributed by atoms with Crippen LogP contribution in [-0.4, -0.2) is 37.0 Å². The van der Waals surface area contributed by atoms with Gasteiger partial charge in [0.2, 0.25) is 0 Å². The Labute approximate surface area is 125 Å². The first-order chi connectivity index (χ1) is 9.20. The number of nitrogens with two attached hydrogens (primary N) is 1. The molecule has 1 aliphatic heterocycles. The molecule has 4 nitrogen and oxygen atoms in total. The van der Waals surface area contributed by atoms with Gasteiger partial charge in [0.25, 0.3) is 5.91 Å². The number of hydrogen-bond acceptors (Lipinski definition) is 3. The molecule has 5 heteroatoms. The van der Waals surface area contributed by atoms with Crippen molar-refractivity contribution in [3.8, 4) is 5.75 Å².